The number of hydrogen-bond acceptors (Lipinski definition) is 2. The molecule has 1 aromatic carbocycles. The first-order chi connectivity index (χ1) is 10.1. The zero-order chi connectivity index (χ0) is 15.3. The molecule has 2 N–H and O–H groups in total. The molecule has 116 valence electrons. The van der Waals surface area contributed by atoms with Crippen molar-refractivity contribution in [3.05, 3.63) is 34.9 Å². The Morgan fingerprint density at radius 2 is 1.81 bits per heavy atom. The maximum Gasteiger partial charge on any atom is 0.230 e. The number of rotatable bonds is 5. The predicted molar refractivity (Wildman–Crippen MR) is 87.7 cm³/mol. The Kier molecular flexibility index (Phi) is 5.65. The minimum atomic E-state index is -0.449. The highest BCUT2D eigenvalue weighted by Gasteiger charge is 2.37. The standard InChI is InChI=1S/C17H25ClN2O/c1-3-17(4-2,13-5-7-14(18)8-6-13)16(21)20-15-9-11-19-12-10-15/h5-8,15,19H,3-4,9-12H2,1-2H3,(H,20,21). The molecular formula is C17H25ClN2O. The first-order valence-corrected chi connectivity index (χ1v) is 8.28. The number of benzene rings is 1. The summed E-state index contributed by atoms with van der Waals surface area (Å²) >= 11 is 5.98. The van der Waals surface area contributed by atoms with Crippen molar-refractivity contribution in [2.24, 2.45) is 0 Å². The summed E-state index contributed by atoms with van der Waals surface area (Å²) in [6.45, 7) is 6.13. The summed E-state index contributed by atoms with van der Waals surface area (Å²) in [5.74, 6) is 0.154. The summed E-state index contributed by atoms with van der Waals surface area (Å²) in [4.78, 5) is 12.9. The van der Waals surface area contributed by atoms with Gasteiger partial charge in [-0.05, 0) is 56.5 Å². The van der Waals surface area contributed by atoms with Gasteiger partial charge in [0.1, 0.15) is 0 Å². The van der Waals surface area contributed by atoms with Gasteiger partial charge in [0.15, 0.2) is 0 Å². The third kappa shape index (κ3) is 3.58. The van der Waals surface area contributed by atoms with E-state index in [1.807, 2.05) is 24.3 Å². The second-order valence-corrected chi connectivity index (χ2v) is 6.23. The van der Waals surface area contributed by atoms with Crippen molar-refractivity contribution in [2.75, 3.05) is 13.1 Å². The molecular weight excluding hydrogens is 284 g/mol. The lowest BCUT2D eigenvalue weighted by atomic mass is 9.74. The van der Waals surface area contributed by atoms with E-state index in [9.17, 15) is 4.79 Å². The lowest BCUT2D eigenvalue weighted by Crippen LogP contribution is -2.50. The predicted octanol–water partition coefficient (Wildman–Crippen LogP) is 3.27. The molecule has 1 fully saturated rings. The lowest BCUT2D eigenvalue weighted by Gasteiger charge is -2.34. The van der Waals surface area contributed by atoms with Gasteiger partial charge in [-0.15, -0.1) is 0 Å². The van der Waals surface area contributed by atoms with E-state index >= 15 is 0 Å². The maximum atomic E-state index is 12.9. The van der Waals surface area contributed by atoms with Crippen LogP contribution < -0.4 is 10.6 Å². The summed E-state index contributed by atoms with van der Waals surface area (Å²) < 4.78 is 0. The van der Waals surface area contributed by atoms with Gasteiger partial charge in [0.05, 0.1) is 5.41 Å². The average molecular weight is 309 g/mol. The Morgan fingerprint density at radius 1 is 1.24 bits per heavy atom. The van der Waals surface area contributed by atoms with Crippen LogP contribution in [0.4, 0.5) is 0 Å². The molecule has 21 heavy (non-hydrogen) atoms. The maximum absolute atomic E-state index is 12.9. The number of carbonyl (C=O) groups excluding carboxylic acids is 1. The number of piperidine rings is 1. The van der Waals surface area contributed by atoms with Gasteiger partial charge in [-0.2, -0.15) is 0 Å². The third-order valence-electron chi connectivity index (χ3n) is 4.71. The van der Waals surface area contributed by atoms with Gasteiger partial charge in [-0.25, -0.2) is 0 Å². The zero-order valence-corrected chi connectivity index (χ0v) is 13.7. The Morgan fingerprint density at radius 3 is 2.33 bits per heavy atom. The average Bonchev–Trinajstić information content (AvgIpc) is 2.52. The van der Waals surface area contributed by atoms with Crippen LogP contribution in [0.15, 0.2) is 24.3 Å². The molecule has 0 unspecified atom stereocenters. The van der Waals surface area contributed by atoms with Gasteiger partial charge in [-0.1, -0.05) is 37.6 Å². The van der Waals surface area contributed by atoms with E-state index in [1.165, 1.54) is 0 Å². The van der Waals surface area contributed by atoms with E-state index in [0.29, 0.717) is 11.1 Å². The summed E-state index contributed by atoms with van der Waals surface area (Å²) in [6.07, 6.45) is 3.61. The summed E-state index contributed by atoms with van der Waals surface area (Å²) in [6, 6.07) is 8.00. The van der Waals surface area contributed by atoms with Gasteiger partial charge in [0, 0.05) is 11.1 Å². The molecule has 0 saturated carbocycles. The number of carbonyl (C=O) groups is 1. The minimum Gasteiger partial charge on any atom is -0.353 e. The van der Waals surface area contributed by atoms with Crippen LogP contribution in [0, 0.1) is 0 Å². The molecule has 3 nitrogen and oxygen atoms in total. The fourth-order valence-corrected chi connectivity index (χ4v) is 3.30. The van der Waals surface area contributed by atoms with Crippen LogP contribution in [0.25, 0.3) is 0 Å². The molecule has 1 heterocycles. The highest BCUT2D eigenvalue weighted by Crippen LogP contribution is 2.33. The lowest BCUT2D eigenvalue weighted by molar-refractivity contribution is -0.128. The van der Waals surface area contributed by atoms with E-state index in [1.54, 1.807) is 0 Å². The SMILES string of the molecule is CCC(CC)(C(=O)NC1CCNCC1)c1ccc(Cl)cc1. The second kappa shape index (κ2) is 7.28. The minimum absolute atomic E-state index is 0.154. The van der Waals surface area contributed by atoms with Gasteiger partial charge >= 0.3 is 0 Å². The number of nitrogens with one attached hydrogen (secondary N) is 2. The molecule has 1 aliphatic heterocycles. The summed E-state index contributed by atoms with van der Waals surface area (Å²) in [5, 5.41) is 7.30. The van der Waals surface area contributed by atoms with E-state index in [0.717, 1.165) is 44.3 Å². The molecule has 0 aromatic heterocycles. The van der Waals surface area contributed by atoms with Gasteiger partial charge in [-0.3, -0.25) is 4.79 Å². The molecule has 2 rings (SSSR count). The van der Waals surface area contributed by atoms with Crippen LogP contribution in [0.3, 0.4) is 0 Å². The molecule has 1 aromatic rings. The van der Waals surface area contributed by atoms with Crippen molar-refractivity contribution in [2.45, 2.75) is 51.0 Å². The van der Waals surface area contributed by atoms with Crippen molar-refractivity contribution >= 4 is 17.5 Å². The quantitative estimate of drug-likeness (QED) is 0.876. The second-order valence-electron chi connectivity index (χ2n) is 5.79. The Bertz CT molecular complexity index is 462. The van der Waals surface area contributed by atoms with Crippen LogP contribution in [-0.2, 0) is 10.2 Å². The Hall–Kier alpha value is -1.06. The molecule has 1 amide bonds. The highest BCUT2D eigenvalue weighted by atomic mass is 35.5. The summed E-state index contributed by atoms with van der Waals surface area (Å²) in [5.41, 5.74) is 0.610. The van der Waals surface area contributed by atoms with E-state index in [2.05, 4.69) is 24.5 Å². The molecule has 0 atom stereocenters. The van der Waals surface area contributed by atoms with Crippen molar-refractivity contribution in [1.29, 1.82) is 0 Å². The van der Waals surface area contributed by atoms with E-state index < -0.39 is 5.41 Å². The summed E-state index contributed by atoms with van der Waals surface area (Å²) in [7, 11) is 0. The van der Waals surface area contributed by atoms with Crippen molar-refractivity contribution in [1.82, 2.24) is 10.6 Å². The van der Waals surface area contributed by atoms with Crippen LogP contribution in [0.2, 0.25) is 5.02 Å². The van der Waals surface area contributed by atoms with Crippen molar-refractivity contribution < 1.29 is 4.79 Å². The molecule has 0 bridgehead atoms. The molecule has 0 spiro atoms. The first kappa shape index (κ1) is 16.3. The van der Waals surface area contributed by atoms with E-state index in [4.69, 9.17) is 11.6 Å². The molecule has 1 saturated heterocycles. The number of amides is 1. The number of hydrogen-bond donors (Lipinski definition) is 2. The smallest absolute Gasteiger partial charge is 0.230 e. The zero-order valence-electron chi connectivity index (χ0n) is 12.9. The monoisotopic (exact) mass is 308 g/mol. The molecule has 0 radical (unpaired) electrons. The van der Waals surface area contributed by atoms with Crippen LogP contribution >= 0.6 is 11.6 Å². The van der Waals surface area contributed by atoms with Crippen molar-refractivity contribution in [3.8, 4) is 0 Å². The van der Waals surface area contributed by atoms with Gasteiger partial charge in [0.25, 0.3) is 0 Å². The Balaban J connectivity index is 2.19. The third-order valence-corrected chi connectivity index (χ3v) is 4.96. The Labute approximate surface area is 132 Å². The number of halogens is 1. The van der Waals surface area contributed by atoms with Crippen molar-refractivity contribution in [3.63, 3.8) is 0 Å². The van der Waals surface area contributed by atoms with E-state index in [-0.39, 0.29) is 5.91 Å². The van der Waals surface area contributed by atoms with Crippen LogP contribution in [0.1, 0.15) is 45.1 Å². The van der Waals surface area contributed by atoms with Gasteiger partial charge < -0.3 is 10.6 Å². The highest BCUT2D eigenvalue weighted by molar-refractivity contribution is 6.30. The first-order valence-electron chi connectivity index (χ1n) is 7.90. The molecule has 1 aliphatic rings. The fourth-order valence-electron chi connectivity index (χ4n) is 3.17. The fraction of sp³-hybridized carbons (Fsp3) is 0.588. The molecule has 0 aliphatic carbocycles. The van der Waals surface area contributed by atoms with Gasteiger partial charge in [0.2, 0.25) is 5.91 Å². The topological polar surface area (TPSA) is 41.1 Å². The van der Waals surface area contributed by atoms with Crippen LogP contribution in [0.5, 0.6) is 0 Å². The normalized spacial score (nSPS) is 16.7. The molecule has 4 heteroatoms. The largest absolute Gasteiger partial charge is 0.353 e. The van der Waals surface area contributed by atoms with Crippen LogP contribution in [-0.4, -0.2) is 25.0 Å².